The van der Waals surface area contributed by atoms with E-state index >= 15 is 0 Å². The number of nitrogens with two attached hydrogens (primary N) is 1. The first-order valence-electron chi connectivity index (χ1n) is 5.55. The molecule has 21 heavy (non-hydrogen) atoms. The highest BCUT2D eigenvalue weighted by Gasteiger charge is 2.31. The lowest BCUT2D eigenvalue weighted by Gasteiger charge is -2.10. The van der Waals surface area contributed by atoms with Crippen molar-refractivity contribution >= 4 is 11.6 Å². The summed E-state index contributed by atoms with van der Waals surface area (Å²) in [4.78, 5) is 3.44. The molecule has 0 aliphatic heterocycles. The van der Waals surface area contributed by atoms with Crippen molar-refractivity contribution in [3.63, 3.8) is 0 Å². The number of ether oxygens (including phenoxy) is 1. The van der Waals surface area contributed by atoms with Crippen molar-refractivity contribution in [2.75, 3.05) is 11.9 Å². The third-order valence-electron chi connectivity index (χ3n) is 2.04. The van der Waals surface area contributed by atoms with E-state index in [1.54, 1.807) is 0 Å². The molecule has 3 N–H and O–H groups in total. The van der Waals surface area contributed by atoms with Crippen LogP contribution in [0.4, 0.5) is 32.0 Å². The number of alkyl halides is 6. The molecule has 0 heterocycles. The molecule has 0 amide bonds. The molecule has 0 saturated carbocycles. The van der Waals surface area contributed by atoms with Crippen LogP contribution >= 0.6 is 0 Å². The summed E-state index contributed by atoms with van der Waals surface area (Å²) in [6, 6.07) is 4.48. The van der Waals surface area contributed by atoms with Crippen LogP contribution < -0.4 is 15.8 Å². The molecule has 0 spiro atoms. The first kappa shape index (κ1) is 16.9. The molecule has 0 fully saturated rings. The van der Waals surface area contributed by atoms with E-state index < -0.39 is 31.3 Å². The average Bonchev–Trinajstić information content (AvgIpc) is 2.28. The van der Waals surface area contributed by atoms with Crippen LogP contribution in [0.2, 0.25) is 0 Å². The maximum atomic E-state index is 11.9. The molecule has 0 atom stereocenters. The van der Waals surface area contributed by atoms with Gasteiger partial charge in [0.2, 0.25) is 0 Å². The molecule has 0 aliphatic carbocycles. The summed E-state index contributed by atoms with van der Waals surface area (Å²) in [6.07, 6.45) is -10.2. The number of nitrogens with zero attached hydrogens (tertiary/aromatic N) is 1. The van der Waals surface area contributed by atoms with Gasteiger partial charge in [-0.15, -0.1) is 13.2 Å². The van der Waals surface area contributed by atoms with Gasteiger partial charge in [-0.05, 0) is 24.3 Å². The quantitative estimate of drug-likeness (QED) is 0.509. The van der Waals surface area contributed by atoms with Gasteiger partial charge in [-0.1, -0.05) is 0 Å². The Morgan fingerprint density at radius 2 is 1.67 bits per heavy atom. The predicted molar refractivity (Wildman–Crippen MR) is 63.9 cm³/mol. The van der Waals surface area contributed by atoms with Crippen molar-refractivity contribution in [3.05, 3.63) is 24.3 Å². The molecule has 0 aliphatic rings. The molecule has 1 rings (SSSR count). The Morgan fingerprint density at radius 3 is 2.14 bits per heavy atom. The third-order valence-corrected chi connectivity index (χ3v) is 2.04. The standard InChI is InChI=1S/C11H11F6N3O/c12-10(13,14)5-6-19-9(18)20-7-1-3-8(4-2-7)21-11(15,16)17/h1-4H,5-6H2,(H3,18,19,20). The molecule has 1 aromatic rings. The number of nitrogens with one attached hydrogen (secondary N) is 1. The molecule has 118 valence electrons. The zero-order chi connectivity index (χ0) is 16.1. The van der Waals surface area contributed by atoms with E-state index in [-0.39, 0.29) is 11.6 Å². The Hall–Kier alpha value is -2.13. The lowest BCUT2D eigenvalue weighted by molar-refractivity contribution is -0.274. The second-order valence-electron chi connectivity index (χ2n) is 3.83. The van der Waals surface area contributed by atoms with E-state index in [9.17, 15) is 26.3 Å². The minimum atomic E-state index is -4.80. The summed E-state index contributed by atoms with van der Waals surface area (Å²) in [6.45, 7) is -0.544. The summed E-state index contributed by atoms with van der Waals surface area (Å²) in [7, 11) is 0. The van der Waals surface area contributed by atoms with Gasteiger partial charge in [-0.25, -0.2) is 0 Å². The fourth-order valence-electron chi connectivity index (χ4n) is 1.23. The van der Waals surface area contributed by atoms with E-state index in [4.69, 9.17) is 5.73 Å². The van der Waals surface area contributed by atoms with Crippen molar-refractivity contribution in [1.29, 1.82) is 0 Å². The van der Waals surface area contributed by atoms with E-state index in [1.165, 1.54) is 12.1 Å². The fraction of sp³-hybridized carbons (Fsp3) is 0.364. The van der Waals surface area contributed by atoms with Crippen molar-refractivity contribution in [3.8, 4) is 5.75 Å². The maximum Gasteiger partial charge on any atom is 0.573 e. The minimum Gasteiger partial charge on any atom is -0.406 e. The number of aliphatic imine (C=N–C) groups is 1. The molecule has 4 nitrogen and oxygen atoms in total. The van der Waals surface area contributed by atoms with E-state index in [0.29, 0.717) is 0 Å². The number of guanidine groups is 1. The Bertz CT molecular complexity index is 480. The highest BCUT2D eigenvalue weighted by molar-refractivity contribution is 5.92. The van der Waals surface area contributed by atoms with Gasteiger partial charge >= 0.3 is 12.5 Å². The van der Waals surface area contributed by atoms with Crippen LogP contribution in [-0.2, 0) is 0 Å². The Morgan fingerprint density at radius 1 is 1.10 bits per heavy atom. The highest BCUT2D eigenvalue weighted by atomic mass is 19.4. The van der Waals surface area contributed by atoms with E-state index in [1.807, 2.05) is 0 Å². The largest absolute Gasteiger partial charge is 0.573 e. The fourth-order valence-corrected chi connectivity index (χ4v) is 1.23. The van der Waals surface area contributed by atoms with Crippen molar-refractivity contribution in [1.82, 2.24) is 0 Å². The topological polar surface area (TPSA) is 59.6 Å². The maximum absolute atomic E-state index is 11.9. The smallest absolute Gasteiger partial charge is 0.406 e. The van der Waals surface area contributed by atoms with Gasteiger partial charge < -0.3 is 15.8 Å². The van der Waals surface area contributed by atoms with Gasteiger partial charge in [0.05, 0.1) is 13.0 Å². The zero-order valence-corrected chi connectivity index (χ0v) is 10.4. The molecule has 0 radical (unpaired) electrons. The molecule has 10 heteroatoms. The summed E-state index contributed by atoms with van der Waals surface area (Å²) < 4.78 is 75.0. The Balaban J connectivity index is 2.53. The van der Waals surface area contributed by atoms with Gasteiger partial charge in [0.1, 0.15) is 5.75 Å². The number of anilines is 1. The number of hydrogen-bond acceptors (Lipinski definition) is 2. The monoisotopic (exact) mass is 315 g/mol. The number of halogens is 6. The van der Waals surface area contributed by atoms with E-state index in [0.717, 1.165) is 12.1 Å². The number of benzene rings is 1. The highest BCUT2D eigenvalue weighted by Crippen LogP contribution is 2.24. The van der Waals surface area contributed by atoms with Crippen LogP contribution in [0.25, 0.3) is 0 Å². The molecule has 0 bridgehead atoms. The molecule has 1 aromatic carbocycles. The van der Waals surface area contributed by atoms with Crippen LogP contribution in [0.1, 0.15) is 6.42 Å². The van der Waals surface area contributed by atoms with Gasteiger partial charge in [0.25, 0.3) is 0 Å². The average molecular weight is 315 g/mol. The molecular weight excluding hydrogens is 304 g/mol. The lowest BCUT2D eigenvalue weighted by Crippen LogP contribution is -2.23. The Kier molecular flexibility index (Phi) is 5.28. The first-order valence-corrected chi connectivity index (χ1v) is 5.55. The Labute approximate surface area is 115 Å². The van der Waals surface area contributed by atoms with Gasteiger partial charge in [0, 0.05) is 5.69 Å². The van der Waals surface area contributed by atoms with Crippen molar-refractivity contribution < 1.29 is 31.1 Å². The SMILES string of the molecule is NC(=NCCC(F)(F)F)Nc1ccc(OC(F)(F)F)cc1. The van der Waals surface area contributed by atoms with Crippen molar-refractivity contribution in [2.24, 2.45) is 10.7 Å². The summed E-state index contributed by atoms with van der Waals surface area (Å²) in [5, 5.41) is 2.44. The second kappa shape index (κ2) is 6.55. The van der Waals surface area contributed by atoms with Crippen molar-refractivity contribution in [2.45, 2.75) is 19.0 Å². The summed E-state index contributed by atoms with van der Waals surface area (Å²) in [5.41, 5.74) is 5.60. The molecule has 0 unspecified atom stereocenters. The van der Waals surface area contributed by atoms with Crippen LogP contribution in [0.5, 0.6) is 5.75 Å². The molecular formula is C11H11F6N3O. The number of rotatable bonds is 4. The lowest BCUT2D eigenvalue weighted by atomic mass is 10.3. The van der Waals surface area contributed by atoms with Gasteiger partial charge in [-0.2, -0.15) is 13.2 Å². The normalized spacial score (nSPS) is 13.1. The summed E-state index contributed by atoms with van der Waals surface area (Å²) >= 11 is 0. The van der Waals surface area contributed by atoms with Gasteiger partial charge in [0.15, 0.2) is 5.96 Å². The zero-order valence-electron chi connectivity index (χ0n) is 10.4. The molecule has 0 aromatic heterocycles. The first-order chi connectivity index (χ1) is 9.55. The number of hydrogen-bond donors (Lipinski definition) is 2. The van der Waals surface area contributed by atoms with Crippen LogP contribution in [0, 0.1) is 0 Å². The minimum absolute atomic E-state index is 0.262. The van der Waals surface area contributed by atoms with Crippen LogP contribution in [0.15, 0.2) is 29.3 Å². The second-order valence-corrected chi connectivity index (χ2v) is 3.83. The summed E-state index contributed by atoms with van der Waals surface area (Å²) in [5.74, 6) is -0.704. The van der Waals surface area contributed by atoms with Crippen LogP contribution in [-0.4, -0.2) is 25.0 Å². The van der Waals surface area contributed by atoms with Crippen LogP contribution in [0.3, 0.4) is 0 Å². The predicted octanol–water partition coefficient (Wildman–Crippen LogP) is 3.26. The van der Waals surface area contributed by atoms with E-state index in [2.05, 4.69) is 15.0 Å². The molecule has 0 saturated heterocycles. The third kappa shape index (κ3) is 7.90. The van der Waals surface area contributed by atoms with Gasteiger partial charge in [-0.3, -0.25) is 4.99 Å².